The van der Waals surface area contributed by atoms with Crippen LogP contribution in [0.3, 0.4) is 0 Å². The first-order chi connectivity index (χ1) is 4.66. The first-order valence-electron chi connectivity index (χ1n) is 2.69. The quantitative estimate of drug-likeness (QED) is 0.350. The first kappa shape index (κ1) is 6.73. The van der Waals surface area contributed by atoms with Crippen LogP contribution in [0.25, 0.3) is 0 Å². The number of rotatable bonds is 1. The molecule has 0 bridgehead atoms. The second kappa shape index (κ2) is 2.09. The van der Waals surface area contributed by atoms with Crippen molar-refractivity contribution in [2.45, 2.75) is 0 Å². The van der Waals surface area contributed by atoms with Gasteiger partial charge in [0.15, 0.2) is 0 Å². The summed E-state index contributed by atoms with van der Waals surface area (Å²) >= 11 is 0. The number of carbonyl (C=O) groups excluding carboxylic acids is 3. The molecule has 0 aromatic heterocycles. The maximum atomic E-state index is 10.7. The van der Waals surface area contributed by atoms with E-state index >= 15 is 0 Å². The zero-order chi connectivity index (χ0) is 7.72. The molecule has 54 valence electrons. The Bertz CT molecular complexity index is 201. The van der Waals surface area contributed by atoms with Crippen LogP contribution in [-0.4, -0.2) is 41.7 Å². The number of likely N-dealkylation sites (N-methyl/N-ethyl adjacent to an activating group) is 1. The van der Waals surface area contributed by atoms with Gasteiger partial charge in [-0.2, -0.15) is 0 Å². The molecule has 0 atom stereocenters. The molecule has 5 heteroatoms. The van der Waals surface area contributed by atoms with E-state index < -0.39 is 6.03 Å². The summed E-state index contributed by atoms with van der Waals surface area (Å²) < 4.78 is 0. The summed E-state index contributed by atoms with van der Waals surface area (Å²) in [4.78, 5) is 33.2. The maximum absolute atomic E-state index is 10.7. The summed E-state index contributed by atoms with van der Waals surface area (Å²) in [6.45, 7) is -0.126. The Labute approximate surface area is 57.2 Å². The maximum Gasteiger partial charge on any atom is 0.333 e. The lowest BCUT2D eigenvalue weighted by Crippen LogP contribution is -2.28. The smallest absolute Gasteiger partial charge is 0.278 e. The number of amides is 4. The molecule has 0 aliphatic carbocycles. The minimum Gasteiger partial charge on any atom is -0.278 e. The molecular formula is C5H6N2O3. The minimum absolute atomic E-state index is 0.126. The van der Waals surface area contributed by atoms with Gasteiger partial charge in [0.2, 0.25) is 6.41 Å². The summed E-state index contributed by atoms with van der Waals surface area (Å²) in [7, 11) is 1.34. The zero-order valence-corrected chi connectivity index (χ0v) is 5.40. The summed E-state index contributed by atoms with van der Waals surface area (Å²) in [5.74, 6) is -0.350. The van der Waals surface area contributed by atoms with E-state index in [4.69, 9.17) is 0 Å². The monoisotopic (exact) mass is 142 g/mol. The highest BCUT2D eigenvalue weighted by Crippen LogP contribution is 2.03. The van der Waals surface area contributed by atoms with Crippen LogP contribution < -0.4 is 0 Å². The van der Waals surface area contributed by atoms with E-state index in [-0.39, 0.29) is 12.5 Å². The van der Waals surface area contributed by atoms with E-state index in [0.717, 1.165) is 9.80 Å². The molecule has 0 N–H and O–H groups in total. The van der Waals surface area contributed by atoms with Crippen LogP contribution in [-0.2, 0) is 9.59 Å². The fraction of sp³-hybridized carbons (Fsp3) is 0.400. The molecule has 10 heavy (non-hydrogen) atoms. The molecule has 0 unspecified atom stereocenters. The Kier molecular flexibility index (Phi) is 1.41. The molecule has 0 spiro atoms. The molecule has 1 aliphatic heterocycles. The lowest BCUT2D eigenvalue weighted by Gasteiger charge is -2.04. The van der Waals surface area contributed by atoms with E-state index in [1.54, 1.807) is 0 Å². The molecule has 0 saturated carbocycles. The van der Waals surface area contributed by atoms with Crippen LogP contribution in [0.2, 0.25) is 0 Å². The van der Waals surface area contributed by atoms with Gasteiger partial charge in [0.1, 0.15) is 6.54 Å². The molecule has 1 heterocycles. The summed E-state index contributed by atoms with van der Waals surface area (Å²) in [6, 6.07) is -0.556. The lowest BCUT2D eigenvalue weighted by atomic mass is 10.6. The number of nitrogens with zero attached hydrogens (tertiary/aromatic N) is 2. The van der Waals surface area contributed by atoms with Crippen molar-refractivity contribution in [2.75, 3.05) is 13.6 Å². The second-order valence-corrected chi connectivity index (χ2v) is 1.97. The van der Waals surface area contributed by atoms with Crippen LogP contribution in [0.5, 0.6) is 0 Å². The van der Waals surface area contributed by atoms with Gasteiger partial charge in [0.25, 0.3) is 5.91 Å². The molecule has 4 amide bonds. The Hall–Kier alpha value is -1.39. The van der Waals surface area contributed by atoms with Gasteiger partial charge < -0.3 is 0 Å². The third-order valence-electron chi connectivity index (χ3n) is 1.34. The number of urea groups is 1. The molecule has 0 radical (unpaired) electrons. The minimum atomic E-state index is -0.556. The number of carbonyl (C=O) groups is 3. The predicted octanol–water partition coefficient (Wildman–Crippen LogP) is -0.963. The van der Waals surface area contributed by atoms with Crippen LogP contribution in [0.15, 0.2) is 0 Å². The third-order valence-corrected chi connectivity index (χ3v) is 1.34. The van der Waals surface area contributed by atoms with Gasteiger partial charge in [-0.05, 0) is 0 Å². The first-order valence-corrected chi connectivity index (χ1v) is 2.69. The van der Waals surface area contributed by atoms with Gasteiger partial charge in [-0.3, -0.25) is 19.4 Å². The van der Waals surface area contributed by atoms with E-state index in [9.17, 15) is 14.4 Å². The van der Waals surface area contributed by atoms with E-state index in [0.29, 0.717) is 6.41 Å². The Morgan fingerprint density at radius 2 is 2.10 bits per heavy atom. The highest BCUT2D eigenvalue weighted by molar-refractivity contribution is 6.06. The van der Waals surface area contributed by atoms with Crippen molar-refractivity contribution in [1.29, 1.82) is 0 Å². The topological polar surface area (TPSA) is 57.7 Å². The summed E-state index contributed by atoms with van der Waals surface area (Å²) in [5.41, 5.74) is 0. The van der Waals surface area contributed by atoms with Crippen molar-refractivity contribution in [1.82, 2.24) is 9.80 Å². The van der Waals surface area contributed by atoms with Crippen molar-refractivity contribution in [3.8, 4) is 0 Å². The van der Waals surface area contributed by atoms with E-state index in [1.165, 1.54) is 7.05 Å². The van der Waals surface area contributed by atoms with Gasteiger partial charge in [-0.15, -0.1) is 0 Å². The standard InChI is InChI=1S/C5H6N2O3/c1-6-4(9)2-7(3-8)5(6)10/h3H,2H2,1H3. The second-order valence-electron chi connectivity index (χ2n) is 1.97. The largest absolute Gasteiger partial charge is 0.333 e. The highest BCUT2D eigenvalue weighted by atomic mass is 16.2. The van der Waals surface area contributed by atoms with E-state index in [2.05, 4.69) is 0 Å². The normalized spacial score (nSPS) is 18.5. The van der Waals surface area contributed by atoms with Gasteiger partial charge in [-0.1, -0.05) is 0 Å². The molecule has 0 aromatic rings. The molecule has 1 saturated heterocycles. The fourth-order valence-corrected chi connectivity index (χ4v) is 0.701. The van der Waals surface area contributed by atoms with Crippen molar-refractivity contribution < 1.29 is 14.4 Å². The SMILES string of the molecule is CN1C(=O)CN(C=O)C1=O. The zero-order valence-electron chi connectivity index (χ0n) is 5.40. The van der Waals surface area contributed by atoms with Crippen molar-refractivity contribution in [3.63, 3.8) is 0 Å². The Morgan fingerprint density at radius 3 is 2.30 bits per heavy atom. The molecular weight excluding hydrogens is 136 g/mol. The van der Waals surface area contributed by atoms with Crippen molar-refractivity contribution in [3.05, 3.63) is 0 Å². The predicted molar refractivity (Wildman–Crippen MR) is 30.9 cm³/mol. The fourth-order valence-electron chi connectivity index (χ4n) is 0.701. The van der Waals surface area contributed by atoms with Crippen LogP contribution in [0.1, 0.15) is 0 Å². The average molecular weight is 142 g/mol. The van der Waals surface area contributed by atoms with Gasteiger partial charge in [-0.25, -0.2) is 4.79 Å². The Balaban J connectivity index is 2.80. The highest BCUT2D eigenvalue weighted by Gasteiger charge is 2.32. The van der Waals surface area contributed by atoms with Crippen molar-refractivity contribution >= 4 is 18.3 Å². The van der Waals surface area contributed by atoms with E-state index in [1.807, 2.05) is 0 Å². The number of hydrogen-bond acceptors (Lipinski definition) is 3. The average Bonchev–Trinajstić information content (AvgIpc) is 2.17. The number of hydrogen-bond donors (Lipinski definition) is 0. The molecule has 0 aromatic carbocycles. The number of imide groups is 2. The molecule has 1 fully saturated rings. The van der Waals surface area contributed by atoms with Crippen LogP contribution in [0.4, 0.5) is 4.79 Å². The Morgan fingerprint density at radius 1 is 1.50 bits per heavy atom. The summed E-state index contributed by atoms with van der Waals surface area (Å²) in [6.07, 6.45) is 0.351. The third kappa shape index (κ3) is 0.754. The van der Waals surface area contributed by atoms with Gasteiger partial charge >= 0.3 is 6.03 Å². The van der Waals surface area contributed by atoms with Crippen LogP contribution in [0, 0.1) is 0 Å². The molecule has 1 aliphatic rings. The van der Waals surface area contributed by atoms with Crippen molar-refractivity contribution in [2.24, 2.45) is 0 Å². The lowest BCUT2D eigenvalue weighted by molar-refractivity contribution is -0.125. The van der Waals surface area contributed by atoms with Gasteiger partial charge in [0.05, 0.1) is 0 Å². The molecule has 1 rings (SSSR count). The molecule has 5 nitrogen and oxygen atoms in total. The van der Waals surface area contributed by atoms with Gasteiger partial charge in [0, 0.05) is 7.05 Å². The summed E-state index contributed by atoms with van der Waals surface area (Å²) in [5, 5.41) is 0. The van der Waals surface area contributed by atoms with Crippen LogP contribution >= 0.6 is 0 Å².